The molecule has 0 saturated carbocycles. The summed E-state index contributed by atoms with van der Waals surface area (Å²) in [6.45, 7) is 5.79. The maximum Gasteiger partial charge on any atom is 0.333 e. The molecule has 1 aromatic rings. The molecule has 2 amide bonds. The van der Waals surface area contributed by atoms with Crippen LogP contribution in [-0.2, 0) is 19.1 Å². The minimum atomic E-state index is -0.519. The second kappa shape index (κ2) is 8.01. The molecule has 0 radical (unpaired) electrons. The molecule has 1 heterocycles. The summed E-state index contributed by atoms with van der Waals surface area (Å²) >= 11 is 1.22. The molecule has 1 saturated heterocycles. The van der Waals surface area contributed by atoms with E-state index in [1.54, 1.807) is 6.92 Å². The van der Waals surface area contributed by atoms with Gasteiger partial charge in [-0.15, -0.1) is 0 Å². The van der Waals surface area contributed by atoms with E-state index in [1.807, 2.05) is 32.0 Å². The van der Waals surface area contributed by atoms with E-state index in [4.69, 9.17) is 4.74 Å². The first-order valence-electron chi connectivity index (χ1n) is 7.59. The fraction of sp³-hybridized carbons (Fsp3) is 0.353. The number of nitrogens with zero attached hydrogens (tertiary/aromatic N) is 1. The number of ether oxygens (including phenoxy) is 1. The molecule has 24 heavy (non-hydrogen) atoms. The van der Waals surface area contributed by atoms with E-state index >= 15 is 0 Å². The number of anilines is 1. The predicted molar refractivity (Wildman–Crippen MR) is 93.4 cm³/mol. The van der Waals surface area contributed by atoms with Gasteiger partial charge >= 0.3 is 5.97 Å². The summed E-state index contributed by atoms with van der Waals surface area (Å²) in [5, 5.41) is 3.21. The smallest absolute Gasteiger partial charge is 0.333 e. The van der Waals surface area contributed by atoms with Crippen molar-refractivity contribution < 1.29 is 19.1 Å². The van der Waals surface area contributed by atoms with Gasteiger partial charge in [0, 0.05) is 5.69 Å². The van der Waals surface area contributed by atoms with Crippen molar-refractivity contribution in [2.45, 2.75) is 20.8 Å². The molecule has 0 aliphatic carbocycles. The zero-order valence-electron chi connectivity index (χ0n) is 13.9. The molecule has 2 rings (SSSR count). The van der Waals surface area contributed by atoms with Gasteiger partial charge in [-0.25, -0.2) is 4.79 Å². The van der Waals surface area contributed by atoms with Crippen LogP contribution in [0.2, 0.25) is 0 Å². The number of esters is 1. The van der Waals surface area contributed by atoms with Crippen molar-refractivity contribution in [3.8, 4) is 0 Å². The van der Waals surface area contributed by atoms with Gasteiger partial charge in [0.15, 0.2) is 0 Å². The quantitative estimate of drug-likeness (QED) is 0.652. The molecule has 0 unspecified atom stereocenters. The third-order valence-corrected chi connectivity index (χ3v) is 4.56. The zero-order chi connectivity index (χ0) is 17.7. The van der Waals surface area contributed by atoms with Crippen molar-refractivity contribution in [1.29, 1.82) is 0 Å². The molecule has 0 spiro atoms. The second-order valence-electron chi connectivity index (χ2n) is 5.35. The number of nitrogens with one attached hydrogen (secondary N) is 1. The maximum absolute atomic E-state index is 12.2. The Morgan fingerprint density at radius 1 is 1.33 bits per heavy atom. The molecular weight excluding hydrogens is 328 g/mol. The van der Waals surface area contributed by atoms with Crippen molar-refractivity contribution in [3.63, 3.8) is 0 Å². The highest BCUT2D eigenvalue weighted by Gasteiger charge is 2.29. The van der Waals surface area contributed by atoms with Crippen LogP contribution >= 0.6 is 11.8 Å². The van der Waals surface area contributed by atoms with E-state index in [1.165, 1.54) is 22.7 Å². The van der Waals surface area contributed by atoms with Gasteiger partial charge in [-0.2, -0.15) is 0 Å². The van der Waals surface area contributed by atoms with Gasteiger partial charge < -0.3 is 10.1 Å². The number of carbonyl (C=O) groups excluding carboxylic acids is 3. The van der Waals surface area contributed by atoms with Gasteiger partial charge in [0.2, 0.25) is 11.8 Å². The van der Waals surface area contributed by atoms with Crippen molar-refractivity contribution in [2.24, 2.45) is 0 Å². The van der Waals surface area contributed by atoms with Crippen LogP contribution in [0.3, 0.4) is 0 Å². The summed E-state index contributed by atoms with van der Waals surface area (Å²) in [6, 6.07) is 5.62. The summed E-state index contributed by atoms with van der Waals surface area (Å²) in [7, 11) is 0. The van der Waals surface area contributed by atoms with E-state index in [0.29, 0.717) is 10.7 Å². The fourth-order valence-corrected chi connectivity index (χ4v) is 3.08. The van der Waals surface area contributed by atoms with Gasteiger partial charge in [-0.05, 0) is 44.0 Å². The molecule has 7 heteroatoms. The molecule has 0 aromatic heterocycles. The van der Waals surface area contributed by atoms with Crippen molar-refractivity contribution in [2.75, 3.05) is 24.2 Å². The van der Waals surface area contributed by atoms with E-state index < -0.39 is 5.97 Å². The highest BCUT2D eigenvalue weighted by atomic mass is 32.2. The number of thioether (sulfide) groups is 1. The monoisotopic (exact) mass is 348 g/mol. The van der Waals surface area contributed by atoms with Crippen molar-refractivity contribution in [3.05, 3.63) is 40.4 Å². The molecule has 6 nitrogen and oxygen atoms in total. The molecule has 0 atom stereocenters. The van der Waals surface area contributed by atoms with Gasteiger partial charge in [-0.1, -0.05) is 17.8 Å². The Morgan fingerprint density at radius 2 is 2.08 bits per heavy atom. The predicted octanol–water partition coefficient (Wildman–Crippen LogP) is 2.22. The lowest BCUT2D eigenvalue weighted by molar-refractivity contribution is -0.137. The number of aryl methyl sites for hydroxylation is 2. The number of carbonyl (C=O) groups is 3. The average molecular weight is 348 g/mol. The van der Waals surface area contributed by atoms with Crippen LogP contribution in [0.1, 0.15) is 18.1 Å². The van der Waals surface area contributed by atoms with E-state index in [-0.39, 0.29) is 30.7 Å². The number of benzene rings is 1. The molecule has 1 aromatic carbocycles. The lowest BCUT2D eigenvalue weighted by Crippen LogP contribution is -2.34. The number of hydrogen-bond acceptors (Lipinski definition) is 5. The SMILES string of the molecule is CCOC(=O)/C=C1\SCC(=O)N1CC(=O)Nc1ccc(C)c(C)c1. The number of amides is 2. The molecular formula is C17H20N2O4S. The van der Waals surface area contributed by atoms with E-state index in [9.17, 15) is 14.4 Å². The van der Waals surface area contributed by atoms with Crippen molar-refractivity contribution in [1.82, 2.24) is 4.90 Å². The second-order valence-corrected chi connectivity index (χ2v) is 6.35. The first kappa shape index (κ1) is 18.1. The first-order valence-corrected chi connectivity index (χ1v) is 8.58. The van der Waals surface area contributed by atoms with Crippen LogP contribution in [0.5, 0.6) is 0 Å². The minimum absolute atomic E-state index is 0.135. The fourth-order valence-electron chi connectivity index (χ4n) is 2.15. The van der Waals surface area contributed by atoms with Gasteiger partial charge in [0.05, 0.1) is 23.5 Å². The lowest BCUT2D eigenvalue weighted by Gasteiger charge is -2.16. The Kier molecular flexibility index (Phi) is 6.03. The van der Waals surface area contributed by atoms with Crippen LogP contribution in [0, 0.1) is 13.8 Å². The molecule has 0 bridgehead atoms. The molecule has 1 N–H and O–H groups in total. The van der Waals surface area contributed by atoms with Gasteiger partial charge in [0.1, 0.15) is 6.54 Å². The topological polar surface area (TPSA) is 75.7 Å². The van der Waals surface area contributed by atoms with Crippen LogP contribution in [-0.4, -0.2) is 41.6 Å². The van der Waals surface area contributed by atoms with Crippen LogP contribution in [0.25, 0.3) is 0 Å². The minimum Gasteiger partial charge on any atom is -0.463 e. The van der Waals surface area contributed by atoms with Crippen LogP contribution in [0.15, 0.2) is 29.3 Å². The Labute approximate surface area is 145 Å². The summed E-state index contributed by atoms with van der Waals surface area (Å²) in [6.07, 6.45) is 1.25. The normalized spacial score (nSPS) is 15.7. The molecule has 1 aliphatic heterocycles. The summed E-state index contributed by atoms with van der Waals surface area (Å²) in [5.41, 5.74) is 2.89. The average Bonchev–Trinajstić information content (AvgIpc) is 2.84. The Balaban J connectivity index is 2.04. The van der Waals surface area contributed by atoms with Gasteiger partial charge in [-0.3, -0.25) is 14.5 Å². The van der Waals surface area contributed by atoms with E-state index in [2.05, 4.69) is 5.32 Å². The summed E-state index contributed by atoms with van der Waals surface area (Å²) < 4.78 is 4.85. The van der Waals surface area contributed by atoms with Crippen molar-refractivity contribution >= 4 is 35.2 Å². The van der Waals surface area contributed by atoms with E-state index in [0.717, 1.165) is 11.1 Å². The Bertz CT molecular complexity index is 700. The lowest BCUT2D eigenvalue weighted by atomic mass is 10.1. The molecule has 1 fully saturated rings. The Morgan fingerprint density at radius 3 is 2.75 bits per heavy atom. The highest BCUT2D eigenvalue weighted by Crippen LogP contribution is 2.28. The maximum atomic E-state index is 12.2. The summed E-state index contributed by atoms with van der Waals surface area (Å²) in [5.74, 6) is -0.828. The van der Waals surface area contributed by atoms with Crippen LogP contribution < -0.4 is 5.32 Å². The van der Waals surface area contributed by atoms with Crippen LogP contribution in [0.4, 0.5) is 5.69 Å². The van der Waals surface area contributed by atoms with Gasteiger partial charge in [0.25, 0.3) is 0 Å². The molecule has 1 aliphatic rings. The Hall–Kier alpha value is -2.28. The third kappa shape index (κ3) is 4.61. The standard InChI is InChI=1S/C17H20N2O4S/c1-4-23-17(22)8-16-19(15(21)10-24-16)9-14(20)18-13-6-5-11(2)12(3)7-13/h5-8H,4,9-10H2,1-3H3,(H,18,20)/b16-8-. The zero-order valence-corrected chi connectivity index (χ0v) is 14.7. The molecule has 128 valence electrons. The number of rotatable bonds is 5. The number of hydrogen-bond donors (Lipinski definition) is 1. The third-order valence-electron chi connectivity index (χ3n) is 3.53. The largest absolute Gasteiger partial charge is 0.463 e. The summed E-state index contributed by atoms with van der Waals surface area (Å²) in [4.78, 5) is 37.0. The first-order chi connectivity index (χ1) is 11.4. The highest BCUT2D eigenvalue weighted by molar-refractivity contribution is 8.04.